The van der Waals surface area contributed by atoms with Gasteiger partial charge in [-0.15, -0.1) is 5.10 Å². The van der Waals surface area contributed by atoms with Gasteiger partial charge in [-0.3, -0.25) is 0 Å². The number of hydrogen-bond donors (Lipinski definition) is 1. The normalized spacial score (nSPS) is 10.7. The van der Waals surface area contributed by atoms with Crippen LogP contribution in [0, 0.1) is 0 Å². The molecular weight excluding hydrogens is 342 g/mol. The van der Waals surface area contributed by atoms with Crippen LogP contribution in [0.3, 0.4) is 0 Å². The van der Waals surface area contributed by atoms with Crippen molar-refractivity contribution < 1.29 is 14.3 Å². The molecule has 148 valence electrons. The fourth-order valence-corrected chi connectivity index (χ4v) is 2.91. The number of carbonyl (C=O) groups excluding carboxylic acids is 1. The second-order valence-electron chi connectivity index (χ2n) is 6.59. The van der Waals surface area contributed by atoms with Gasteiger partial charge in [-0.25, -0.2) is 4.79 Å². The van der Waals surface area contributed by atoms with Crippen molar-refractivity contribution in [1.29, 1.82) is 0 Å². The van der Waals surface area contributed by atoms with E-state index in [0.717, 1.165) is 24.3 Å². The number of carbonyl (C=O) groups is 1. The van der Waals surface area contributed by atoms with Crippen LogP contribution in [0.1, 0.15) is 75.7 Å². The number of rotatable bonds is 13. The average molecular weight is 373 g/mol. The third-order valence-corrected chi connectivity index (χ3v) is 4.41. The van der Waals surface area contributed by atoms with E-state index >= 15 is 0 Å². The minimum absolute atomic E-state index is 0.199. The Kier molecular flexibility index (Phi) is 9.38. The van der Waals surface area contributed by atoms with Gasteiger partial charge in [-0.2, -0.15) is 10.3 Å². The summed E-state index contributed by atoms with van der Waals surface area (Å²) in [5.74, 6) is 0.346. The lowest BCUT2D eigenvalue weighted by Gasteiger charge is -2.07. The van der Waals surface area contributed by atoms with Crippen molar-refractivity contribution in [3.63, 3.8) is 0 Å². The van der Waals surface area contributed by atoms with Crippen molar-refractivity contribution in [3.05, 3.63) is 30.0 Å². The van der Waals surface area contributed by atoms with Crippen LogP contribution in [0.25, 0.3) is 11.3 Å². The highest BCUT2D eigenvalue weighted by Crippen LogP contribution is 2.23. The molecule has 0 amide bonds. The largest absolute Gasteiger partial charge is 0.494 e. The minimum atomic E-state index is -0.476. The molecule has 0 unspecified atom stereocenters. The van der Waals surface area contributed by atoms with Crippen LogP contribution < -0.4 is 4.74 Å². The van der Waals surface area contributed by atoms with Crippen LogP contribution in [-0.2, 0) is 4.74 Å². The highest BCUT2D eigenvalue weighted by Gasteiger charge is 2.18. The Morgan fingerprint density at radius 2 is 1.59 bits per heavy atom. The molecule has 0 bridgehead atoms. The zero-order valence-electron chi connectivity index (χ0n) is 16.5. The molecular formula is C21H31N3O3. The van der Waals surface area contributed by atoms with E-state index in [1.54, 1.807) is 6.92 Å². The van der Waals surface area contributed by atoms with Gasteiger partial charge in [-0.1, -0.05) is 51.9 Å². The van der Waals surface area contributed by atoms with Crippen LogP contribution in [0.15, 0.2) is 24.3 Å². The molecule has 2 aromatic rings. The standard InChI is InChI=1S/C21H31N3O3/c1-3-5-6-7-8-9-10-11-16-27-18-14-12-17(13-15-18)19-20(23-24-22-19)21(25)26-4-2/h12-15H,3-11,16H2,1-2H3,(H,22,23,24). The second kappa shape index (κ2) is 12.1. The van der Waals surface area contributed by atoms with Gasteiger partial charge >= 0.3 is 5.97 Å². The molecule has 6 heteroatoms. The summed E-state index contributed by atoms with van der Waals surface area (Å²) in [5.41, 5.74) is 1.48. The maximum atomic E-state index is 11.9. The third kappa shape index (κ3) is 7.04. The van der Waals surface area contributed by atoms with E-state index in [4.69, 9.17) is 9.47 Å². The topological polar surface area (TPSA) is 77.1 Å². The van der Waals surface area contributed by atoms with Gasteiger partial charge in [0.25, 0.3) is 0 Å². The molecule has 0 fully saturated rings. The number of nitrogens with zero attached hydrogens (tertiary/aromatic N) is 2. The van der Waals surface area contributed by atoms with E-state index in [-0.39, 0.29) is 5.69 Å². The van der Waals surface area contributed by atoms with E-state index in [0.29, 0.717) is 12.3 Å². The lowest BCUT2D eigenvalue weighted by molar-refractivity contribution is 0.0520. The van der Waals surface area contributed by atoms with Crippen LogP contribution in [-0.4, -0.2) is 34.6 Å². The van der Waals surface area contributed by atoms with Gasteiger partial charge in [0.05, 0.1) is 13.2 Å². The number of aromatic amines is 1. The fraction of sp³-hybridized carbons (Fsp3) is 0.571. The molecule has 1 aromatic carbocycles. The quantitative estimate of drug-likeness (QED) is 0.387. The van der Waals surface area contributed by atoms with Gasteiger partial charge in [0, 0.05) is 5.56 Å². The van der Waals surface area contributed by atoms with Crippen molar-refractivity contribution in [2.45, 2.75) is 65.2 Å². The lowest BCUT2D eigenvalue weighted by Crippen LogP contribution is -2.06. The first-order valence-electron chi connectivity index (χ1n) is 10.1. The summed E-state index contributed by atoms with van der Waals surface area (Å²) in [4.78, 5) is 11.9. The molecule has 0 radical (unpaired) electrons. The summed E-state index contributed by atoms with van der Waals surface area (Å²) >= 11 is 0. The molecule has 0 aliphatic heterocycles. The van der Waals surface area contributed by atoms with Gasteiger partial charge in [0.15, 0.2) is 5.69 Å². The predicted molar refractivity (Wildman–Crippen MR) is 106 cm³/mol. The summed E-state index contributed by atoms with van der Waals surface area (Å²) in [5, 5.41) is 10.4. The van der Waals surface area contributed by atoms with E-state index in [1.807, 2.05) is 24.3 Å². The van der Waals surface area contributed by atoms with Gasteiger partial charge in [-0.05, 0) is 37.6 Å². The Bertz CT molecular complexity index is 668. The van der Waals surface area contributed by atoms with Crippen LogP contribution in [0.5, 0.6) is 5.75 Å². The molecule has 0 saturated carbocycles. The molecule has 0 saturated heterocycles. The van der Waals surface area contributed by atoms with Crippen molar-refractivity contribution >= 4 is 5.97 Å². The summed E-state index contributed by atoms with van der Waals surface area (Å²) in [6.07, 6.45) is 10.3. The highest BCUT2D eigenvalue weighted by atomic mass is 16.5. The first-order valence-corrected chi connectivity index (χ1v) is 10.1. The van der Waals surface area contributed by atoms with Crippen molar-refractivity contribution in [2.75, 3.05) is 13.2 Å². The Morgan fingerprint density at radius 1 is 0.926 bits per heavy atom. The Balaban J connectivity index is 1.73. The zero-order chi connectivity index (χ0) is 19.3. The molecule has 27 heavy (non-hydrogen) atoms. The van der Waals surface area contributed by atoms with Crippen LogP contribution in [0.4, 0.5) is 0 Å². The second-order valence-corrected chi connectivity index (χ2v) is 6.59. The van der Waals surface area contributed by atoms with Crippen LogP contribution in [0.2, 0.25) is 0 Å². The van der Waals surface area contributed by atoms with Crippen molar-refractivity contribution in [2.24, 2.45) is 0 Å². The average Bonchev–Trinajstić information content (AvgIpc) is 3.17. The smallest absolute Gasteiger partial charge is 0.361 e. The first-order chi connectivity index (χ1) is 13.3. The molecule has 0 aliphatic carbocycles. The Morgan fingerprint density at radius 3 is 2.26 bits per heavy atom. The van der Waals surface area contributed by atoms with Gasteiger partial charge < -0.3 is 9.47 Å². The number of aromatic nitrogens is 3. The zero-order valence-corrected chi connectivity index (χ0v) is 16.5. The third-order valence-electron chi connectivity index (χ3n) is 4.41. The SMILES string of the molecule is CCCCCCCCCCOc1ccc(-c2n[nH]nc2C(=O)OCC)cc1. The Hall–Kier alpha value is -2.37. The molecule has 1 aromatic heterocycles. The number of benzene rings is 1. The molecule has 2 rings (SSSR count). The predicted octanol–water partition coefficient (Wildman–Crippen LogP) is 5.17. The van der Waals surface area contributed by atoms with E-state index in [2.05, 4.69) is 22.3 Å². The minimum Gasteiger partial charge on any atom is -0.494 e. The number of esters is 1. The molecule has 0 spiro atoms. The molecule has 6 nitrogen and oxygen atoms in total. The Labute approximate surface area is 161 Å². The van der Waals surface area contributed by atoms with E-state index < -0.39 is 5.97 Å². The maximum Gasteiger partial charge on any atom is 0.361 e. The maximum absolute atomic E-state index is 11.9. The number of hydrogen-bond acceptors (Lipinski definition) is 5. The van der Waals surface area contributed by atoms with Crippen LogP contribution >= 0.6 is 0 Å². The van der Waals surface area contributed by atoms with Crippen molar-refractivity contribution in [3.8, 4) is 17.0 Å². The van der Waals surface area contributed by atoms with Gasteiger partial charge in [0.2, 0.25) is 0 Å². The summed E-state index contributed by atoms with van der Waals surface area (Å²) in [6.45, 7) is 5.04. The van der Waals surface area contributed by atoms with Gasteiger partial charge in [0.1, 0.15) is 11.4 Å². The van der Waals surface area contributed by atoms with E-state index in [9.17, 15) is 4.79 Å². The molecule has 0 atom stereocenters. The van der Waals surface area contributed by atoms with Crippen molar-refractivity contribution in [1.82, 2.24) is 15.4 Å². The number of nitrogens with one attached hydrogen (secondary N) is 1. The number of ether oxygens (including phenoxy) is 2. The fourth-order valence-electron chi connectivity index (χ4n) is 2.91. The first kappa shape index (κ1) is 20.9. The monoisotopic (exact) mass is 373 g/mol. The summed E-state index contributed by atoms with van der Waals surface area (Å²) < 4.78 is 10.8. The summed E-state index contributed by atoms with van der Waals surface area (Å²) in [7, 11) is 0. The van der Waals surface area contributed by atoms with E-state index in [1.165, 1.54) is 44.9 Å². The number of unbranched alkanes of at least 4 members (excludes halogenated alkanes) is 7. The summed E-state index contributed by atoms with van der Waals surface area (Å²) in [6, 6.07) is 7.54. The number of H-pyrrole nitrogens is 1. The molecule has 1 heterocycles. The molecule has 1 N–H and O–H groups in total. The molecule has 0 aliphatic rings. The lowest BCUT2D eigenvalue weighted by atomic mass is 10.1. The highest BCUT2D eigenvalue weighted by molar-refractivity contribution is 5.93.